The quantitative estimate of drug-likeness (QED) is 0.701. The van der Waals surface area contributed by atoms with Gasteiger partial charge in [-0.2, -0.15) is 9.50 Å². The molecule has 1 saturated heterocycles. The third-order valence-corrected chi connectivity index (χ3v) is 5.49. The van der Waals surface area contributed by atoms with Gasteiger partial charge in [0.2, 0.25) is 11.7 Å². The predicted molar refractivity (Wildman–Crippen MR) is 107 cm³/mol. The Bertz CT molecular complexity index is 1100. The van der Waals surface area contributed by atoms with Gasteiger partial charge in [-0.3, -0.25) is 9.59 Å². The molecule has 1 aromatic carbocycles. The number of hydrogen-bond donors (Lipinski definition) is 0. The first-order valence-corrected chi connectivity index (χ1v) is 9.78. The second-order valence-electron chi connectivity index (χ2n) is 7.66. The lowest BCUT2D eigenvalue weighted by atomic mass is 10.0. The normalized spacial score (nSPS) is 17.2. The number of amides is 1. The summed E-state index contributed by atoms with van der Waals surface area (Å²) in [5.74, 6) is 0.944. The lowest BCUT2D eigenvalue weighted by molar-refractivity contribution is -0.135. The minimum atomic E-state index is -0.242. The number of carbonyl (C=O) groups excluding carboxylic acids is 1. The molecular weight excluding hydrogens is 354 g/mol. The Kier molecular flexibility index (Phi) is 4.75. The van der Waals surface area contributed by atoms with Crippen molar-refractivity contribution in [2.45, 2.75) is 52.6 Å². The fraction of sp³-hybridized carbons (Fsp3) is 0.429. The highest BCUT2D eigenvalue weighted by molar-refractivity contribution is 5.77. The van der Waals surface area contributed by atoms with E-state index in [0.29, 0.717) is 17.3 Å². The van der Waals surface area contributed by atoms with Crippen LogP contribution in [-0.4, -0.2) is 42.6 Å². The van der Waals surface area contributed by atoms with Gasteiger partial charge in [0.25, 0.3) is 5.56 Å². The van der Waals surface area contributed by atoms with Gasteiger partial charge in [0.05, 0.1) is 0 Å². The van der Waals surface area contributed by atoms with Crippen LogP contribution < -0.4 is 5.56 Å². The van der Waals surface area contributed by atoms with Crippen molar-refractivity contribution in [2.24, 2.45) is 0 Å². The van der Waals surface area contributed by atoms with E-state index in [0.717, 1.165) is 36.9 Å². The van der Waals surface area contributed by atoms with Crippen LogP contribution in [0.2, 0.25) is 0 Å². The number of benzene rings is 1. The van der Waals surface area contributed by atoms with E-state index in [1.54, 1.807) is 4.57 Å². The SMILES string of the molecule is Cc1cccc(-c2nc3n(CC(=O)N4CCCCC4C)c(C)cc(=O)n3n2)c1. The highest BCUT2D eigenvalue weighted by Gasteiger charge is 2.24. The van der Waals surface area contributed by atoms with Gasteiger partial charge >= 0.3 is 0 Å². The highest BCUT2D eigenvalue weighted by Crippen LogP contribution is 2.19. The Morgan fingerprint density at radius 2 is 2.04 bits per heavy atom. The fourth-order valence-corrected chi connectivity index (χ4v) is 3.90. The second kappa shape index (κ2) is 7.22. The Hall–Kier alpha value is -2.96. The standard InChI is InChI=1S/C21H25N5O2/c1-14-7-6-9-17(11-14)20-22-21-25(16(3)12-18(27)26(21)23-20)13-19(28)24-10-5-4-8-15(24)2/h6-7,9,11-12,15H,4-5,8,10,13H2,1-3H3. The van der Waals surface area contributed by atoms with Crippen LogP contribution in [-0.2, 0) is 11.3 Å². The number of fused-ring (bicyclic) bond motifs is 1. The Balaban J connectivity index is 1.75. The van der Waals surface area contributed by atoms with Crippen LogP contribution in [0.25, 0.3) is 17.2 Å². The summed E-state index contributed by atoms with van der Waals surface area (Å²) < 4.78 is 3.08. The maximum atomic E-state index is 12.9. The Labute approximate surface area is 163 Å². The van der Waals surface area contributed by atoms with Crippen LogP contribution in [0.1, 0.15) is 37.4 Å². The van der Waals surface area contributed by atoms with Crippen LogP contribution in [0.5, 0.6) is 0 Å². The molecule has 0 N–H and O–H groups in total. The van der Waals surface area contributed by atoms with E-state index in [-0.39, 0.29) is 24.1 Å². The minimum Gasteiger partial charge on any atom is -0.338 e. The minimum absolute atomic E-state index is 0.0564. The summed E-state index contributed by atoms with van der Waals surface area (Å²) in [7, 11) is 0. The molecule has 7 nitrogen and oxygen atoms in total. The molecule has 1 atom stereocenters. The molecule has 146 valence electrons. The van der Waals surface area contributed by atoms with Crippen LogP contribution in [0.4, 0.5) is 0 Å². The molecule has 0 aliphatic carbocycles. The van der Waals surface area contributed by atoms with Crippen LogP contribution >= 0.6 is 0 Å². The molecule has 3 aromatic rings. The first-order valence-electron chi connectivity index (χ1n) is 9.78. The van der Waals surface area contributed by atoms with Gasteiger partial charge in [-0.25, -0.2) is 0 Å². The number of nitrogens with zero attached hydrogens (tertiary/aromatic N) is 5. The van der Waals surface area contributed by atoms with Gasteiger partial charge in [-0.15, -0.1) is 5.10 Å². The van der Waals surface area contributed by atoms with Crippen LogP contribution in [0.3, 0.4) is 0 Å². The maximum absolute atomic E-state index is 12.9. The molecule has 2 aromatic heterocycles. The van der Waals surface area contributed by atoms with E-state index in [9.17, 15) is 9.59 Å². The zero-order chi connectivity index (χ0) is 19.8. The van der Waals surface area contributed by atoms with Crippen molar-refractivity contribution >= 4 is 11.7 Å². The molecule has 3 heterocycles. The molecule has 1 fully saturated rings. The molecule has 28 heavy (non-hydrogen) atoms. The van der Waals surface area contributed by atoms with Crippen molar-refractivity contribution in [2.75, 3.05) is 6.54 Å². The summed E-state index contributed by atoms with van der Waals surface area (Å²) in [6.07, 6.45) is 3.24. The number of carbonyl (C=O) groups is 1. The molecule has 1 amide bonds. The van der Waals surface area contributed by atoms with Crippen molar-refractivity contribution in [3.8, 4) is 11.4 Å². The third kappa shape index (κ3) is 3.32. The summed E-state index contributed by atoms with van der Waals surface area (Å²) in [5.41, 5.74) is 2.41. The molecule has 7 heteroatoms. The first-order chi connectivity index (χ1) is 13.4. The second-order valence-corrected chi connectivity index (χ2v) is 7.66. The van der Waals surface area contributed by atoms with Gasteiger partial charge in [0.15, 0.2) is 5.82 Å². The number of hydrogen-bond acceptors (Lipinski definition) is 4. The van der Waals surface area contributed by atoms with E-state index in [1.165, 1.54) is 10.6 Å². The molecule has 0 radical (unpaired) electrons. The zero-order valence-corrected chi connectivity index (χ0v) is 16.6. The first kappa shape index (κ1) is 18.4. The van der Waals surface area contributed by atoms with E-state index in [4.69, 9.17) is 0 Å². The number of aromatic nitrogens is 4. The van der Waals surface area contributed by atoms with E-state index < -0.39 is 0 Å². The molecule has 0 saturated carbocycles. The predicted octanol–water partition coefficient (Wildman–Crippen LogP) is 2.58. The summed E-state index contributed by atoms with van der Waals surface area (Å²) >= 11 is 0. The van der Waals surface area contributed by atoms with Crippen molar-refractivity contribution in [3.63, 3.8) is 0 Å². The molecule has 0 spiro atoms. The average molecular weight is 379 g/mol. The maximum Gasteiger partial charge on any atom is 0.275 e. The third-order valence-electron chi connectivity index (χ3n) is 5.49. The molecule has 1 unspecified atom stereocenters. The van der Waals surface area contributed by atoms with Gasteiger partial charge in [-0.05, 0) is 46.1 Å². The number of aryl methyl sites for hydroxylation is 2. The summed E-state index contributed by atoms with van der Waals surface area (Å²) in [5, 5.41) is 4.41. The lowest BCUT2D eigenvalue weighted by Crippen LogP contribution is -2.44. The van der Waals surface area contributed by atoms with Gasteiger partial charge < -0.3 is 9.47 Å². The molecule has 1 aliphatic rings. The van der Waals surface area contributed by atoms with Crippen molar-refractivity contribution < 1.29 is 4.79 Å². The van der Waals surface area contributed by atoms with Crippen LogP contribution in [0, 0.1) is 13.8 Å². The lowest BCUT2D eigenvalue weighted by Gasteiger charge is -2.33. The van der Waals surface area contributed by atoms with Gasteiger partial charge in [-0.1, -0.05) is 23.8 Å². The van der Waals surface area contributed by atoms with Crippen molar-refractivity contribution in [1.29, 1.82) is 0 Å². The average Bonchev–Trinajstić information content (AvgIpc) is 3.11. The molecule has 4 rings (SSSR count). The summed E-state index contributed by atoms with van der Waals surface area (Å²) in [6.45, 7) is 6.87. The van der Waals surface area contributed by atoms with Crippen LogP contribution in [0.15, 0.2) is 35.1 Å². The van der Waals surface area contributed by atoms with E-state index in [2.05, 4.69) is 17.0 Å². The fourth-order valence-electron chi connectivity index (χ4n) is 3.90. The molecule has 1 aliphatic heterocycles. The molecule has 0 bridgehead atoms. The smallest absolute Gasteiger partial charge is 0.275 e. The number of piperidine rings is 1. The Morgan fingerprint density at radius 3 is 2.79 bits per heavy atom. The summed E-state index contributed by atoms with van der Waals surface area (Å²) in [4.78, 5) is 32.0. The van der Waals surface area contributed by atoms with E-state index in [1.807, 2.05) is 43.0 Å². The van der Waals surface area contributed by atoms with E-state index >= 15 is 0 Å². The summed E-state index contributed by atoms with van der Waals surface area (Å²) in [6, 6.07) is 9.60. The Morgan fingerprint density at radius 1 is 1.21 bits per heavy atom. The monoisotopic (exact) mass is 379 g/mol. The number of rotatable bonds is 3. The number of likely N-dealkylation sites (tertiary alicyclic amines) is 1. The largest absolute Gasteiger partial charge is 0.338 e. The van der Waals surface area contributed by atoms with Gasteiger partial charge in [0.1, 0.15) is 6.54 Å². The van der Waals surface area contributed by atoms with Crippen molar-refractivity contribution in [1.82, 2.24) is 24.1 Å². The highest BCUT2D eigenvalue weighted by atomic mass is 16.2. The molecular formula is C21H25N5O2. The van der Waals surface area contributed by atoms with Crippen molar-refractivity contribution in [3.05, 3.63) is 51.9 Å². The van der Waals surface area contributed by atoms with Gasteiger partial charge in [0, 0.05) is 29.9 Å². The zero-order valence-electron chi connectivity index (χ0n) is 16.6. The topological polar surface area (TPSA) is 72.5 Å².